The van der Waals surface area contributed by atoms with Crippen molar-refractivity contribution in [3.63, 3.8) is 0 Å². The van der Waals surface area contributed by atoms with Crippen LogP contribution in [0.5, 0.6) is 0 Å². The molecule has 0 amide bonds. The van der Waals surface area contributed by atoms with E-state index >= 15 is 9.59 Å². The molecule has 1 unspecified atom stereocenters. The molecule has 0 aliphatic heterocycles. The Balaban J connectivity index is 1.03. The van der Waals surface area contributed by atoms with Gasteiger partial charge in [0.1, 0.15) is 5.41 Å². The SMILES string of the molecule is COC(=O)C1(OC)C(=P(C2CCCC2)(C2CCCC2)C2CCCC2)C(=O)C23c4c5c6c7c8c9c(c%10c%11c2c2c4c4c%12c5c5c6c6c8c8c%13c9c9c%10c%10c%11c%11c2c2c4c4c%12c%12c5c5c6c8c6c8c%13c9c9c%10c%10c%11c2c2c4c4c%12c5c6c5c8c9c%10c2c45)C713. The Morgan fingerprint density at radius 2 is 0.488 bits per heavy atom. The molecule has 0 N–H and O–H groups in total. The van der Waals surface area contributed by atoms with Gasteiger partial charge in [0.05, 0.1) is 12.5 Å². The van der Waals surface area contributed by atoms with Gasteiger partial charge in [0.15, 0.2) is 5.78 Å². The van der Waals surface area contributed by atoms with Gasteiger partial charge in [-0.15, -0.1) is 0 Å². The maximum Gasteiger partial charge on any atom is 0.344 e. The van der Waals surface area contributed by atoms with E-state index in [1.807, 2.05) is 7.11 Å². The summed E-state index contributed by atoms with van der Waals surface area (Å²) in [4.78, 5) is 37.8. The number of hydrogen-bond acceptors (Lipinski definition) is 4. The van der Waals surface area contributed by atoms with Crippen LogP contribution in [0.3, 0.4) is 0 Å². The van der Waals surface area contributed by atoms with Crippen LogP contribution in [0.2, 0.25) is 0 Å². The van der Waals surface area contributed by atoms with Gasteiger partial charge in [0.2, 0.25) is 5.60 Å². The van der Waals surface area contributed by atoms with E-state index in [4.69, 9.17) is 9.47 Å². The van der Waals surface area contributed by atoms with Crippen LogP contribution < -0.4 is 0 Å². The molecule has 8 aliphatic carbocycles. The zero-order valence-electron chi connectivity index (χ0n) is 46.3. The number of rotatable bonds is 5. The molecule has 4 nitrogen and oxygen atoms in total. The van der Waals surface area contributed by atoms with E-state index in [0.717, 1.165) is 43.8 Å². The molecule has 36 rings (SSSR count). The van der Waals surface area contributed by atoms with Crippen molar-refractivity contribution >= 4 is 315 Å². The van der Waals surface area contributed by atoms with Crippen LogP contribution in [-0.4, -0.2) is 53.8 Å². The first-order chi connectivity index (χ1) is 42.6. The van der Waals surface area contributed by atoms with Gasteiger partial charge in [0.25, 0.3) is 0 Å². The number of ether oxygens (including phenoxy) is 2. The van der Waals surface area contributed by atoms with Crippen LogP contribution in [0.4, 0.5) is 0 Å². The Bertz CT molecular complexity index is 7760. The fourth-order valence-corrected chi connectivity index (χ4v) is 39.3. The van der Waals surface area contributed by atoms with Gasteiger partial charge in [-0.25, -0.2) is 4.79 Å². The standard InChI is InChI=1S/C81H33O4P/c1-84-78(83)81(85-2)77(86(15-9-3-4-10-15,16-11-5-6-12-16)17-13-7-8-14-17)76(82)79-72-64-56-46-36-28-20-18-19-22-26-24(20)32-40-34(26)44-38-30(22)31-23(19)27-25-21(18)29(28)37-43-33(25)41-35(27)45-39(31)49-48(38)60-54(44)62-52(40)58(50(56)42(32)36)66(72)68(62)74-70(60)71-61(49)55(45)63-53(41)59-51(43)57(47(37)46)65(64)73(79)67(59)69(63)75(71)80(74,79)81/h15-17H,3-14H2,1-2H3. The lowest BCUT2D eigenvalue weighted by molar-refractivity contribution is -0.163. The van der Waals surface area contributed by atoms with E-state index in [2.05, 4.69) is 0 Å². The molecule has 4 saturated carbocycles. The third-order valence-electron chi connectivity index (χ3n) is 31.7. The molecule has 0 heterocycles. The van der Waals surface area contributed by atoms with Crippen LogP contribution in [0.1, 0.15) is 99.3 Å². The first kappa shape index (κ1) is 36.8. The second-order valence-electron chi connectivity index (χ2n) is 32.0. The summed E-state index contributed by atoms with van der Waals surface area (Å²) in [6.07, 6.45) is 14.2. The fraction of sp³-hybridized carbons (Fsp3) is 0.247. The molecule has 28 aromatic carbocycles. The van der Waals surface area contributed by atoms with E-state index in [-0.39, 0.29) is 5.97 Å². The van der Waals surface area contributed by atoms with Crippen LogP contribution in [0.25, 0.3) is 291 Å². The maximum atomic E-state index is 19.9. The normalized spacial score (nSPS) is 26.0. The minimum absolute atomic E-state index is 0.281. The Kier molecular flexibility index (Phi) is 3.84. The highest BCUT2D eigenvalue weighted by Crippen LogP contribution is 2.89. The van der Waals surface area contributed by atoms with E-state index in [0.29, 0.717) is 22.8 Å². The van der Waals surface area contributed by atoms with Crippen molar-refractivity contribution in [1.82, 2.24) is 0 Å². The molecule has 0 aromatic heterocycles. The lowest BCUT2D eigenvalue weighted by Gasteiger charge is -2.54. The molecule has 86 heavy (non-hydrogen) atoms. The highest BCUT2D eigenvalue weighted by molar-refractivity contribution is 7.80. The quantitative estimate of drug-likeness (QED) is 0.0979. The molecule has 4 fully saturated rings. The van der Waals surface area contributed by atoms with Gasteiger partial charge >= 0.3 is 5.97 Å². The summed E-state index contributed by atoms with van der Waals surface area (Å²) in [6, 6.07) is 0. The maximum absolute atomic E-state index is 19.9. The summed E-state index contributed by atoms with van der Waals surface area (Å²) in [5.41, 5.74) is 2.25. The number of carbonyl (C=O) groups is 2. The number of carbonyl (C=O) groups excluding carboxylic acids is 2. The van der Waals surface area contributed by atoms with Crippen molar-refractivity contribution in [1.29, 1.82) is 0 Å². The Labute approximate surface area is 477 Å². The summed E-state index contributed by atoms with van der Waals surface area (Å²) in [6.45, 7) is -2.62. The zero-order valence-corrected chi connectivity index (χ0v) is 47.2. The predicted octanol–water partition coefficient (Wildman–Crippen LogP) is 20.5. The number of esters is 1. The van der Waals surface area contributed by atoms with E-state index < -0.39 is 23.3 Å². The monoisotopic (exact) mass is 1100 g/mol. The van der Waals surface area contributed by atoms with Crippen molar-refractivity contribution in [3.8, 4) is 0 Å². The molecule has 2 spiro atoms. The van der Waals surface area contributed by atoms with Crippen molar-refractivity contribution in [3.05, 3.63) is 22.3 Å². The summed E-state index contributed by atoms with van der Waals surface area (Å²) in [5.74, 6) is 0.0508. The largest absolute Gasteiger partial charge is 0.467 e. The molecule has 5 heteroatoms. The minimum atomic E-state index is -2.62. The summed E-state index contributed by atoms with van der Waals surface area (Å²) in [7, 11) is 3.64. The zero-order chi connectivity index (χ0) is 52.8. The van der Waals surface area contributed by atoms with Gasteiger partial charge in [-0.2, -0.15) is 0 Å². The highest BCUT2D eigenvalue weighted by atomic mass is 31.2. The van der Waals surface area contributed by atoms with Crippen LogP contribution in [0, 0.1) is 0 Å². The number of benzene rings is 18. The van der Waals surface area contributed by atoms with Crippen molar-refractivity contribution < 1.29 is 19.1 Å². The number of Topliss-reactive ketones (excluding diaryl/α,β-unsaturated/α-hetero) is 1. The number of methoxy groups -OCH3 is 2. The van der Waals surface area contributed by atoms with Gasteiger partial charge in [-0.3, -0.25) is 4.79 Å². The van der Waals surface area contributed by atoms with Gasteiger partial charge < -0.3 is 9.47 Å². The molecule has 0 saturated heterocycles. The molecule has 386 valence electrons. The van der Waals surface area contributed by atoms with E-state index in [1.54, 1.807) is 147 Å². The van der Waals surface area contributed by atoms with E-state index in [1.165, 1.54) is 212 Å². The van der Waals surface area contributed by atoms with Gasteiger partial charge in [0, 0.05) is 12.4 Å². The molecule has 1 atom stereocenters. The van der Waals surface area contributed by atoms with Crippen molar-refractivity contribution in [2.75, 3.05) is 14.2 Å². The molecular formula is C81H33O4P. The number of ketones is 1. The molecular weight excluding hydrogens is 1070 g/mol. The van der Waals surface area contributed by atoms with Gasteiger partial charge in [-0.05, 0) is 369 Å². The third-order valence-corrected chi connectivity index (χ3v) is 38.1. The summed E-state index contributed by atoms with van der Waals surface area (Å²) < 4.78 is 15.1. The second kappa shape index (κ2) is 8.99. The van der Waals surface area contributed by atoms with Gasteiger partial charge in [-0.1, -0.05) is 45.4 Å². The van der Waals surface area contributed by atoms with Crippen LogP contribution in [-0.2, 0) is 29.9 Å². The van der Waals surface area contributed by atoms with Crippen molar-refractivity contribution in [2.45, 2.75) is 110 Å². The lowest BCUT2D eigenvalue weighted by atomic mass is 9.46. The third kappa shape index (κ3) is 2.14. The average Bonchev–Trinajstić information content (AvgIpc) is 1.38. The smallest absolute Gasteiger partial charge is 0.344 e. The summed E-state index contributed by atoms with van der Waals surface area (Å²) in [5, 5.41) is 82.7. The Morgan fingerprint density at radius 1 is 0.302 bits per heavy atom. The average molecular weight is 1100 g/mol. The first-order valence-corrected chi connectivity index (χ1v) is 35.3. The minimum Gasteiger partial charge on any atom is -0.467 e. The van der Waals surface area contributed by atoms with Crippen LogP contribution in [0.15, 0.2) is 0 Å². The fourth-order valence-electron chi connectivity index (χ4n) is 31.4. The highest BCUT2D eigenvalue weighted by Gasteiger charge is 2.88. The Hall–Kier alpha value is -8.14. The first-order valence-electron chi connectivity index (χ1n) is 33.3. The molecule has 8 aliphatic rings. The summed E-state index contributed by atoms with van der Waals surface area (Å²) >= 11 is 0. The Morgan fingerprint density at radius 3 is 0.674 bits per heavy atom. The molecule has 28 aromatic rings. The topological polar surface area (TPSA) is 52.6 Å². The predicted molar refractivity (Wildman–Crippen MR) is 359 cm³/mol. The van der Waals surface area contributed by atoms with E-state index in [9.17, 15) is 0 Å². The molecule has 0 radical (unpaired) electrons. The lowest BCUT2D eigenvalue weighted by Crippen LogP contribution is -2.66. The second-order valence-corrected chi connectivity index (χ2v) is 36.3. The molecule has 0 bridgehead atoms. The number of hydrogen-bond donors (Lipinski definition) is 0. The van der Waals surface area contributed by atoms with Crippen molar-refractivity contribution in [2.24, 2.45) is 0 Å². The van der Waals surface area contributed by atoms with Crippen LogP contribution >= 0.6 is 6.89 Å².